The molecule has 2 N–H and O–H groups in total. The van der Waals surface area contributed by atoms with Gasteiger partial charge < -0.3 is 10.3 Å². The number of fused-ring (bicyclic) bond motifs is 1. The molecule has 26 heavy (non-hydrogen) atoms. The molecular weight excluding hydrogens is 320 g/mol. The van der Waals surface area contributed by atoms with Gasteiger partial charge in [-0.3, -0.25) is 4.79 Å². The summed E-state index contributed by atoms with van der Waals surface area (Å²) in [6, 6.07) is 19.0. The molecule has 1 amide bonds. The number of H-pyrrole nitrogens is 1. The molecule has 1 fully saturated rings. The summed E-state index contributed by atoms with van der Waals surface area (Å²) in [5.74, 6) is 0.173. The van der Waals surface area contributed by atoms with Gasteiger partial charge in [-0.15, -0.1) is 0 Å². The number of nitrogens with one attached hydrogen (secondary N) is 2. The molecule has 1 heterocycles. The van der Waals surface area contributed by atoms with Crippen molar-refractivity contribution < 1.29 is 4.79 Å². The Bertz CT molecular complexity index is 877. The minimum Gasteiger partial charge on any atom is -0.361 e. The fourth-order valence-electron chi connectivity index (χ4n) is 4.10. The van der Waals surface area contributed by atoms with Crippen molar-refractivity contribution >= 4 is 16.8 Å². The molecule has 0 bridgehead atoms. The Morgan fingerprint density at radius 1 is 1.04 bits per heavy atom. The van der Waals surface area contributed by atoms with Crippen LogP contribution in [0.2, 0.25) is 0 Å². The van der Waals surface area contributed by atoms with E-state index in [0.29, 0.717) is 6.42 Å². The first kappa shape index (κ1) is 16.9. The van der Waals surface area contributed by atoms with Crippen LogP contribution in [-0.4, -0.2) is 17.4 Å². The summed E-state index contributed by atoms with van der Waals surface area (Å²) in [6.07, 6.45) is 8.07. The minimum atomic E-state index is 0.160. The zero-order chi connectivity index (χ0) is 17.8. The molecule has 4 rings (SSSR count). The van der Waals surface area contributed by atoms with Crippen LogP contribution in [0.15, 0.2) is 60.8 Å². The van der Waals surface area contributed by atoms with Crippen molar-refractivity contribution in [3.63, 3.8) is 0 Å². The van der Waals surface area contributed by atoms with Crippen LogP contribution < -0.4 is 5.32 Å². The highest BCUT2D eigenvalue weighted by molar-refractivity contribution is 5.83. The molecule has 134 valence electrons. The number of aryl methyl sites for hydroxylation is 1. The van der Waals surface area contributed by atoms with Crippen LogP contribution in [0.1, 0.15) is 43.2 Å². The fourth-order valence-corrected chi connectivity index (χ4v) is 4.10. The van der Waals surface area contributed by atoms with Gasteiger partial charge in [0.25, 0.3) is 0 Å². The Hall–Kier alpha value is -2.55. The maximum Gasteiger partial charge on any atom is 0.220 e. The van der Waals surface area contributed by atoms with E-state index in [2.05, 4.69) is 65.0 Å². The van der Waals surface area contributed by atoms with E-state index in [9.17, 15) is 4.79 Å². The van der Waals surface area contributed by atoms with Crippen LogP contribution in [0, 0.1) is 0 Å². The van der Waals surface area contributed by atoms with E-state index in [1.165, 1.54) is 41.3 Å². The lowest BCUT2D eigenvalue weighted by Gasteiger charge is -2.42. The molecule has 1 aliphatic rings. The lowest BCUT2D eigenvalue weighted by molar-refractivity contribution is -0.121. The molecule has 1 aliphatic carbocycles. The summed E-state index contributed by atoms with van der Waals surface area (Å²) in [6.45, 7) is 0.767. The number of carbonyl (C=O) groups excluding carboxylic acids is 1. The SMILES string of the molecule is O=C(CCCc1c[nH]c2ccccc12)NCC1(c2ccccc2)CCC1. The van der Waals surface area contributed by atoms with Crippen molar-refractivity contribution in [2.24, 2.45) is 0 Å². The highest BCUT2D eigenvalue weighted by Crippen LogP contribution is 2.43. The highest BCUT2D eigenvalue weighted by atomic mass is 16.1. The zero-order valence-electron chi connectivity index (χ0n) is 15.1. The van der Waals surface area contributed by atoms with Gasteiger partial charge in [0.15, 0.2) is 0 Å². The van der Waals surface area contributed by atoms with E-state index in [1.54, 1.807) is 0 Å². The lowest BCUT2D eigenvalue weighted by Crippen LogP contribution is -2.45. The van der Waals surface area contributed by atoms with Gasteiger partial charge in [-0.25, -0.2) is 0 Å². The molecule has 0 unspecified atom stereocenters. The second-order valence-corrected chi connectivity index (χ2v) is 7.49. The summed E-state index contributed by atoms with van der Waals surface area (Å²) in [7, 11) is 0. The number of aromatic nitrogens is 1. The number of rotatable bonds is 7. The molecule has 1 aromatic heterocycles. The Morgan fingerprint density at radius 2 is 1.81 bits per heavy atom. The lowest BCUT2D eigenvalue weighted by atomic mass is 9.64. The summed E-state index contributed by atoms with van der Waals surface area (Å²) < 4.78 is 0. The molecule has 0 aliphatic heterocycles. The van der Waals surface area contributed by atoms with E-state index in [4.69, 9.17) is 0 Å². The van der Waals surface area contributed by atoms with E-state index in [-0.39, 0.29) is 11.3 Å². The highest BCUT2D eigenvalue weighted by Gasteiger charge is 2.38. The second-order valence-electron chi connectivity index (χ2n) is 7.49. The van der Waals surface area contributed by atoms with Crippen LogP contribution in [0.3, 0.4) is 0 Å². The van der Waals surface area contributed by atoms with E-state index < -0.39 is 0 Å². The number of benzene rings is 2. The third-order valence-corrected chi connectivity index (χ3v) is 5.85. The van der Waals surface area contributed by atoms with Gasteiger partial charge in [0.05, 0.1) is 0 Å². The van der Waals surface area contributed by atoms with Gasteiger partial charge in [0.1, 0.15) is 0 Å². The predicted molar refractivity (Wildman–Crippen MR) is 106 cm³/mol. The molecule has 2 aromatic carbocycles. The molecule has 3 heteroatoms. The van der Waals surface area contributed by atoms with Gasteiger partial charge in [0.2, 0.25) is 5.91 Å². The van der Waals surface area contributed by atoms with Crippen molar-refractivity contribution in [3.8, 4) is 0 Å². The summed E-state index contributed by atoms with van der Waals surface area (Å²) in [5, 5.41) is 4.46. The number of hydrogen-bond acceptors (Lipinski definition) is 1. The van der Waals surface area contributed by atoms with Gasteiger partial charge in [-0.1, -0.05) is 55.0 Å². The number of hydrogen-bond donors (Lipinski definition) is 2. The Kier molecular flexibility index (Phi) is 4.79. The summed E-state index contributed by atoms with van der Waals surface area (Å²) in [4.78, 5) is 15.6. The van der Waals surface area contributed by atoms with Crippen LogP contribution in [0.5, 0.6) is 0 Å². The zero-order valence-corrected chi connectivity index (χ0v) is 15.1. The number of para-hydroxylation sites is 1. The molecule has 3 nitrogen and oxygen atoms in total. The van der Waals surface area contributed by atoms with Gasteiger partial charge in [0, 0.05) is 35.5 Å². The van der Waals surface area contributed by atoms with Gasteiger partial charge >= 0.3 is 0 Å². The first-order chi connectivity index (χ1) is 12.8. The smallest absolute Gasteiger partial charge is 0.220 e. The fraction of sp³-hybridized carbons (Fsp3) is 0.348. The van der Waals surface area contributed by atoms with Crippen LogP contribution >= 0.6 is 0 Å². The largest absolute Gasteiger partial charge is 0.361 e. The number of aromatic amines is 1. The average Bonchev–Trinajstić information content (AvgIpc) is 3.05. The van der Waals surface area contributed by atoms with Crippen molar-refractivity contribution in [1.82, 2.24) is 10.3 Å². The molecule has 0 radical (unpaired) electrons. The standard InChI is InChI=1S/C23H26N2O/c26-22(13-6-8-18-16-24-21-12-5-4-11-20(18)21)25-17-23(14-7-15-23)19-9-2-1-3-10-19/h1-5,9-12,16,24H,6-8,13-15,17H2,(H,25,26). The van der Waals surface area contributed by atoms with Crippen molar-refractivity contribution in [1.29, 1.82) is 0 Å². The quantitative estimate of drug-likeness (QED) is 0.638. The van der Waals surface area contributed by atoms with Crippen molar-refractivity contribution in [2.75, 3.05) is 6.54 Å². The second kappa shape index (κ2) is 7.36. The maximum atomic E-state index is 12.3. The third kappa shape index (κ3) is 3.39. The number of carbonyl (C=O) groups is 1. The molecule has 3 aromatic rings. The Balaban J connectivity index is 1.28. The van der Waals surface area contributed by atoms with Crippen LogP contribution in [0.25, 0.3) is 10.9 Å². The van der Waals surface area contributed by atoms with Gasteiger partial charge in [-0.05, 0) is 42.9 Å². The topological polar surface area (TPSA) is 44.9 Å². The Morgan fingerprint density at radius 3 is 2.58 bits per heavy atom. The predicted octanol–water partition coefficient (Wildman–Crippen LogP) is 4.73. The molecular formula is C23H26N2O. The van der Waals surface area contributed by atoms with Gasteiger partial charge in [-0.2, -0.15) is 0 Å². The molecule has 0 saturated heterocycles. The van der Waals surface area contributed by atoms with E-state index in [1.807, 2.05) is 6.07 Å². The third-order valence-electron chi connectivity index (χ3n) is 5.85. The van der Waals surface area contributed by atoms with E-state index >= 15 is 0 Å². The monoisotopic (exact) mass is 346 g/mol. The molecule has 1 saturated carbocycles. The van der Waals surface area contributed by atoms with Crippen LogP contribution in [0.4, 0.5) is 0 Å². The van der Waals surface area contributed by atoms with Crippen molar-refractivity contribution in [3.05, 3.63) is 71.9 Å². The normalized spacial score (nSPS) is 15.5. The first-order valence-corrected chi connectivity index (χ1v) is 9.64. The molecule has 0 spiro atoms. The summed E-state index contributed by atoms with van der Waals surface area (Å²) in [5.41, 5.74) is 3.99. The Labute approximate surface area is 154 Å². The summed E-state index contributed by atoms with van der Waals surface area (Å²) >= 11 is 0. The van der Waals surface area contributed by atoms with Crippen molar-refractivity contribution in [2.45, 2.75) is 43.9 Å². The minimum absolute atomic E-state index is 0.160. The first-order valence-electron chi connectivity index (χ1n) is 9.64. The van der Waals surface area contributed by atoms with Crippen LogP contribution in [-0.2, 0) is 16.6 Å². The molecule has 0 atom stereocenters. The average molecular weight is 346 g/mol. The maximum absolute atomic E-state index is 12.3. The van der Waals surface area contributed by atoms with E-state index in [0.717, 1.165) is 19.4 Å². The number of amides is 1.